The molecule has 3 N–H and O–H groups in total. The summed E-state index contributed by atoms with van der Waals surface area (Å²) in [7, 11) is 0. The van der Waals surface area contributed by atoms with Gasteiger partial charge in [-0.15, -0.1) is 0 Å². The molecule has 0 amide bonds. The minimum absolute atomic E-state index is 0.839. The van der Waals surface area contributed by atoms with E-state index in [1.165, 1.54) is 5.39 Å². The number of hydrogen-bond acceptors (Lipinski definition) is 4. The number of aryl methyl sites for hydroxylation is 1. The fourth-order valence-corrected chi connectivity index (χ4v) is 2.80. The molecule has 19 heavy (non-hydrogen) atoms. The first-order valence-corrected chi connectivity index (χ1v) is 6.87. The van der Waals surface area contributed by atoms with Crippen molar-refractivity contribution in [1.82, 2.24) is 10.3 Å². The minimum Gasteiger partial charge on any atom is -0.398 e. The van der Waals surface area contributed by atoms with Crippen LogP contribution in [0.2, 0.25) is 0 Å². The molecule has 0 bridgehead atoms. The maximum atomic E-state index is 6.13. The fraction of sp³-hybridized carbons (Fsp3) is 0.400. The van der Waals surface area contributed by atoms with Gasteiger partial charge in [0.1, 0.15) is 5.82 Å². The van der Waals surface area contributed by atoms with Crippen LogP contribution in [-0.2, 0) is 0 Å². The molecule has 4 heteroatoms. The smallest absolute Gasteiger partial charge is 0.136 e. The zero-order valence-corrected chi connectivity index (χ0v) is 11.3. The van der Waals surface area contributed by atoms with Crippen molar-refractivity contribution in [3.63, 3.8) is 0 Å². The highest BCUT2D eigenvalue weighted by atomic mass is 15.2. The van der Waals surface area contributed by atoms with Crippen LogP contribution in [0.5, 0.6) is 0 Å². The molecule has 0 unspecified atom stereocenters. The number of benzene rings is 1. The number of aromatic nitrogens is 1. The Balaban J connectivity index is 2.13. The maximum absolute atomic E-state index is 6.13. The number of nitrogens with two attached hydrogens (primary N) is 1. The van der Waals surface area contributed by atoms with E-state index in [9.17, 15) is 0 Å². The van der Waals surface area contributed by atoms with Crippen molar-refractivity contribution in [2.75, 3.05) is 36.8 Å². The number of fused-ring (bicyclic) bond motifs is 1. The molecule has 0 aliphatic carbocycles. The van der Waals surface area contributed by atoms with Crippen LogP contribution in [0.25, 0.3) is 10.8 Å². The molecule has 0 radical (unpaired) electrons. The second-order valence-electron chi connectivity index (χ2n) is 5.13. The molecule has 1 aliphatic heterocycles. The summed E-state index contributed by atoms with van der Waals surface area (Å²) in [5.41, 5.74) is 8.11. The minimum atomic E-state index is 0.839. The van der Waals surface area contributed by atoms with Gasteiger partial charge >= 0.3 is 0 Å². The first-order valence-electron chi connectivity index (χ1n) is 6.87. The van der Waals surface area contributed by atoms with E-state index in [0.29, 0.717) is 0 Å². The normalized spacial score (nSPS) is 16.6. The summed E-state index contributed by atoms with van der Waals surface area (Å²) in [4.78, 5) is 7.02. The molecule has 3 rings (SSSR count). The molecule has 100 valence electrons. The zero-order valence-electron chi connectivity index (χ0n) is 11.3. The van der Waals surface area contributed by atoms with Crippen LogP contribution in [0.15, 0.2) is 24.4 Å². The van der Waals surface area contributed by atoms with Crippen molar-refractivity contribution >= 4 is 22.3 Å². The van der Waals surface area contributed by atoms with E-state index < -0.39 is 0 Å². The standard InChI is InChI=1S/C15H20N4/c1-11-10-18-15(19-8-3-6-17-7-9-19)12-4-2-5-13(16)14(11)12/h2,4-5,10,17H,3,6-9,16H2,1H3. The molecule has 1 aliphatic rings. The van der Waals surface area contributed by atoms with Gasteiger partial charge in [0, 0.05) is 42.3 Å². The summed E-state index contributed by atoms with van der Waals surface area (Å²) in [6.07, 6.45) is 3.09. The van der Waals surface area contributed by atoms with Crippen LogP contribution >= 0.6 is 0 Å². The van der Waals surface area contributed by atoms with E-state index >= 15 is 0 Å². The molecule has 4 nitrogen and oxygen atoms in total. The van der Waals surface area contributed by atoms with Gasteiger partial charge in [-0.1, -0.05) is 12.1 Å². The summed E-state index contributed by atoms with van der Waals surface area (Å²) >= 11 is 0. The Morgan fingerprint density at radius 3 is 3.05 bits per heavy atom. The summed E-state index contributed by atoms with van der Waals surface area (Å²) in [5, 5.41) is 5.74. The maximum Gasteiger partial charge on any atom is 0.136 e. The number of anilines is 2. The van der Waals surface area contributed by atoms with Crippen molar-refractivity contribution in [2.45, 2.75) is 13.3 Å². The topological polar surface area (TPSA) is 54.2 Å². The van der Waals surface area contributed by atoms with Crippen LogP contribution in [-0.4, -0.2) is 31.2 Å². The van der Waals surface area contributed by atoms with Crippen molar-refractivity contribution in [1.29, 1.82) is 0 Å². The van der Waals surface area contributed by atoms with Gasteiger partial charge in [0.25, 0.3) is 0 Å². The number of nitrogen functional groups attached to an aromatic ring is 1. The summed E-state index contributed by atoms with van der Waals surface area (Å²) in [6.45, 7) is 6.22. The van der Waals surface area contributed by atoms with E-state index in [0.717, 1.165) is 55.1 Å². The lowest BCUT2D eigenvalue weighted by Gasteiger charge is -2.23. The summed E-state index contributed by atoms with van der Waals surface area (Å²) < 4.78 is 0. The lowest BCUT2D eigenvalue weighted by atomic mass is 10.1. The van der Waals surface area contributed by atoms with Crippen LogP contribution in [0, 0.1) is 6.92 Å². The Bertz CT molecular complexity index is 578. The average Bonchev–Trinajstić information content (AvgIpc) is 2.68. The predicted octanol–water partition coefficient (Wildman–Crippen LogP) is 1.93. The SMILES string of the molecule is Cc1cnc(N2CCCNCC2)c2cccc(N)c12. The number of nitrogens with one attached hydrogen (secondary N) is 1. The Morgan fingerprint density at radius 1 is 1.26 bits per heavy atom. The molecule has 2 aromatic rings. The highest BCUT2D eigenvalue weighted by Gasteiger charge is 2.15. The second-order valence-corrected chi connectivity index (χ2v) is 5.13. The van der Waals surface area contributed by atoms with Crippen molar-refractivity contribution in [2.24, 2.45) is 0 Å². The third-order valence-corrected chi connectivity index (χ3v) is 3.75. The summed E-state index contributed by atoms with van der Waals surface area (Å²) in [6, 6.07) is 6.10. The second kappa shape index (κ2) is 5.05. The fourth-order valence-electron chi connectivity index (χ4n) is 2.80. The average molecular weight is 256 g/mol. The molecule has 1 saturated heterocycles. The largest absolute Gasteiger partial charge is 0.398 e. The number of hydrogen-bond donors (Lipinski definition) is 2. The number of rotatable bonds is 1. The van der Waals surface area contributed by atoms with Gasteiger partial charge < -0.3 is 16.0 Å². The third kappa shape index (κ3) is 2.24. The van der Waals surface area contributed by atoms with Crippen LogP contribution in [0.3, 0.4) is 0 Å². The molecule has 1 aromatic heterocycles. The van der Waals surface area contributed by atoms with Crippen LogP contribution in [0.1, 0.15) is 12.0 Å². The van der Waals surface area contributed by atoms with Gasteiger partial charge in [-0.05, 0) is 31.5 Å². The van der Waals surface area contributed by atoms with E-state index in [1.54, 1.807) is 0 Å². The Labute approximate surface area is 113 Å². The lowest BCUT2D eigenvalue weighted by Crippen LogP contribution is -2.28. The predicted molar refractivity (Wildman–Crippen MR) is 80.6 cm³/mol. The monoisotopic (exact) mass is 256 g/mol. The van der Waals surface area contributed by atoms with E-state index in [4.69, 9.17) is 5.73 Å². The van der Waals surface area contributed by atoms with Gasteiger partial charge in [0.05, 0.1) is 0 Å². The quantitative estimate of drug-likeness (QED) is 0.765. The van der Waals surface area contributed by atoms with E-state index in [-0.39, 0.29) is 0 Å². The molecule has 1 aromatic carbocycles. The third-order valence-electron chi connectivity index (χ3n) is 3.75. The van der Waals surface area contributed by atoms with Crippen molar-refractivity contribution < 1.29 is 0 Å². The highest BCUT2D eigenvalue weighted by molar-refractivity contribution is 6.01. The van der Waals surface area contributed by atoms with E-state index in [2.05, 4.69) is 28.2 Å². The molecular formula is C15H20N4. The summed E-state index contributed by atoms with van der Waals surface area (Å²) in [5.74, 6) is 1.07. The van der Waals surface area contributed by atoms with Crippen LogP contribution < -0.4 is 16.0 Å². The first kappa shape index (κ1) is 12.2. The lowest BCUT2D eigenvalue weighted by molar-refractivity contribution is 0.724. The van der Waals surface area contributed by atoms with Crippen LogP contribution in [0.4, 0.5) is 11.5 Å². The highest BCUT2D eigenvalue weighted by Crippen LogP contribution is 2.31. The molecule has 2 heterocycles. The van der Waals surface area contributed by atoms with Gasteiger partial charge in [-0.2, -0.15) is 0 Å². The van der Waals surface area contributed by atoms with Gasteiger partial charge in [0.15, 0.2) is 0 Å². The Morgan fingerprint density at radius 2 is 2.16 bits per heavy atom. The van der Waals surface area contributed by atoms with Crippen molar-refractivity contribution in [3.05, 3.63) is 30.0 Å². The molecule has 1 fully saturated rings. The molecular weight excluding hydrogens is 236 g/mol. The molecule has 0 spiro atoms. The Hall–Kier alpha value is -1.81. The Kier molecular flexibility index (Phi) is 3.25. The zero-order chi connectivity index (χ0) is 13.2. The first-order chi connectivity index (χ1) is 9.27. The number of nitrogens with zero attached hydrogens (tertiary/aromatic N) is 2. The van der Waals surface area contributed by atoms with E-state index in [1.807, 2.05) is 18.3 Å². The molecule has 0 saturated carbocycles. The van der Waals surface area contributed by atoms with Gasteiger partial charge in [-0.25, -0.2) is 4.98 Å². The van der Waals surface area contributed by atoms with Gasteiger partial charge in [-0.3, -0.25) is 0 Å². The van der Waals surface area contributed by atoms with Crippen molar-refractivity contribution in [3.8, 4) is 0 Å². The number of pyridine rings is 1. The molecule has 0 atom stereocenters. The van der Waals surface area contributed by atoms with Gasteiger partial charge in [0.2, 0.25) is 0 Å².